The van der Waals surface area contributed by atoms with Crippen molar-refractivity contribution in [3.8, 4) is 11.5 Å². The van der Waals surface area contributed by atoms with Gasteiger partial charge in [-0.05, 0) is 86.7 Å². The van der Waals surface area contributed by atoms with E-state index in [0.717, 1.165) is 24.3 Å². The average Bonchev–Trinajstić information content (AvgIpc) is 2.77. The molecule has 1 aromatic carbocycles. The number of allylic oxidation sites excluding steroid dienone is 1. The van der Waals surface area contributed by atoms with Gasteiger partial charge in [-0.1, -0.05) is 109 Å². The molecule has 0 aliphatic heterocycles. The zero-order valence-corrected chi connectivity index (χ0v) is 30.7. The van der Waals surface area contributed by atoms with Gasteiger partial charge in [0.2, 0.25) is 0 Å². The standard InChI is InChI=1S/C32H59IO2Si2/c1-15-17-19-28(18-16-2)32-30(34-36(22(3)4,23(5)6)24(7)8)20-29(33)21-31(32)35-37(25(9)10,26(11)12)27(13)14/h16,20-28H,2,15,17-19H2,1,3-14H3/t28-/m1/s1. The fourth-order valence-corrected chi connectivity index (χ4v) is 18.3. The first-order chi connectivity index (χ1) is 17.1. The molecule has 0 spiro atoms. The van der Waals surface area contributed by atoms with Crippen molar-refractivity contribution in [1.82, 2.24) is 0 Å². The molecule has 0 aromatic heterocycles. The zero-order chi connectivity index (χ0) is 28.7. The molecule has 0 fully saturated rings. The lowest BCUT2D eigenvalue weighted by Crippen LogP contribution is -2.51. The number of hydrogen-bond acceptors (Lipinski definition) is 2. The lowest BCUT2D eigenvalue weighted by Gasteiger charge is -2.45. The fourth-order valence-electron chi connectivity index (χ4n) is 7.26. The van der Waals surface area contributed by atoms with Gasteiger partial charge in [-0.3, -0.25) is 0 Å². The predicted molar refractivity (Wildman–Crippen MR) is 180 cm³/mol. The Balaban J connectivity index is 4.05. The first kappa shape index (κ1) is 34.8. The molecule has 1 aromatic rings. The Morgan fingerprint density at radius 3 is 1.35 bits per heavy atom. The molecule has 214 valence electrons. The molecule has 0 unspecified atom stereocenters. The van der Waals surface area contributed by atoms with E-state index in [-0.39, 0.29) is 0 Å². The van der Waals surface area contributed by atoms with Crippen LogP contribution in [0.5, 0.6) is 11.5 Å². The Labute approximate surface area is 247 Å². The normalized spacial score (nSPS) is 13.9. The van der Waals surface area contributed by atoms with E-state index >= 15 is 0 Å². The Morgan fingerprint density at radius 1 is 0.730 bits per heavy atom. The number of halogens is 1. The monoisotopic (exact) mass is 658 g/mol. The quantitative estimate of drug-likeness (QED) is 0.1000. The predicted octanol–water partition coefficient (Wildman–Crippen LogP) is 12.2. The second-order valence-corrected chi connectivity index (χ2v) is 25.0. The summed E-state index contributed by atoms with van der Waals surface area (Å²) >= 11 is 2.48. The Kier molecular flexibility index (Phi) is 14.0. The summed E-state index contributed by atoms with van der Waals surface area (Å²) in [4.78, 5) is 0. The van der Waals surface area contributed by atoms with Gasteiger partial charge in [-0.25, -0.2) is 0 Å². The maximum absolute atomic E-state index is 7.48. The van der Waals surface area contributed by atoms with Crippen molar-refractivity contribution in [3.05, 3.63) is 33.9 Å². The highest BCUT2D eigenvalue weighted by atomic mass is 127. The van der Waals surface area contributed by atoms with Crippen LogP contribution in [-0.4, -0.2) is 16.6 Å². The number of hydrogen-bond donors (Lipinski definition) is 0. The lowest BCUT2D eigenvalue weighted by molar-refractivity contribution is 0.437. The minimum absolute atomic E-state index is 0.357. The summed E-state index contributed by atoms with van der Waals surface area (Å²) in [6, 6.07) is 4.62. The summed E-state index contributed by atoms with van der Waals surface area (Å²) in [5.74, 6) is 2.54. The molecule has 2 nitrogen and oxygen atoms in total. The molecule has 0 saturated carbocycles. The minimum Gasteiger partial charge on any atom is -0.542 e. The summed E-state index contributed by atoms with van der Waals surface area (Å²) in [6.07, 6.45) is 6.57. The number of benzene rings is 1. The van der Waals surface area contributed by atoms with E-state index in [1.54, 1.807) is 0 Å². The summed E-state index contributed by atoms with van der Waals surface area (Å²) in [6.45, 7) is 35.0. The van der Waals surface area contributed by atoms with Gasteiger partial charge < -0.3 is 8.85 Å². The van der Waals surface area contributed by atoms with Crippen LogP contribution in [0.15, 0.2) is 24.8 Å². The summed E-state index contributed by atoms with van der Waals surface area (Å²) < 4.78 is 16.2. The number of unbranched alkanes of at least 4 members (excludes halogenated alkanes) is 1. The third kappa shape index (κ3) is 7.68. The summed E-state index contributed by atoms with van der Waals surface area (Å²) in [5, 5.41) is 0. The SMILES string of the molecule is C=CC[C@H](CCCC)c1c(O[Si](C(C)C)(C(C)C)C(C)C)cc(I)cc1O[Si](C(C)C)(C(C)C)C(C)C. The van der Waals surface area contributed by atoms with Gasteiger partial charge in [0.25, 0.3) is 16.6 Å². The van der Waals surface area contributed by atoms with Gasteiger partial charge in [0.1, 0.15) is 11.5 Å². The molecule has 0 aliphatic carbocycles. The van der Waals surface area contributed by atoms with Gasteiger partial charge in [-0.2, -0.15) is 0 Å². The van der Waals surface area contributed by atoms with Crippen molar-refractivity contribution in [3.63, 3.8) is 0 Å². The van der Waals surface area contributed by atoms with Crippen LogP contribution < -0.4 is 8.85 Å². The van der Waals surface area contributed by atoms with Gasteiger partial charge in [0, 0.05) is 9.13 Å². The molecule has 0 radical (unpaired) electrons. The molecule has 0 N–H and O–H groups in total. The Bertz CT molecular complexity index is 747. The van der Waals surface area contributed by atoms with Crippen molar-refractivity contribution in [1.29, 1.82) is 0 Å². The van der Waals surface area contributed by atoms with Crippen LogP contribution in [0.4, 0.5) is 0 Å². The molecule has 0 bridgehead atoms. The third-order valence-corrected chi connectivity index (χ3v) is 21.4. The van der Waals surface area contributed by atoms with Crippen LogP contribution in [0.2, 0.25) is 33.2 Å². The third-order valence-electron chi connectivity index (χ3n) is 8.82. The van der Waals surface area contributed by atoms with Crippen LogP contribution >= 0.6 is 22.6 Å². The van der Waals surface area contributed by atoms with Crippen molar-refractivity contribution in [2.75, 3.05) is 0 Å². The van der Waals surface area contributed by atoms with E-state index in [9.17, 15) is 0 Å². The van der Waals surface area contributed by atoms with Crippen molar-refractivity contribution >= 4 is 39.2 Å². The van der Waals surface area contributed by atoms with Crippen LogP contribution in [0, 0.1) is 3.57 Å². The molecule has 5 heteroatoms. The Hall–Kier alpha value is -0.276. The molecule has 1 atom stereocenters. The molecule has 37 heavy (non-hydrogen) atoms. The van der Waals surface area contributed by atoms with Gasteiger partial charge in [-0.15, -0.1) is 6.58 Å². The first-order valence-corrected chi connectivity index (χ1v) is 20.3. The molecule has 0 amide bonds. The maximum atomic E-state index is 7.48. The van der Waals surface area contributed by atoms with Crippen LogP contribution in [-0.2, 0) is 0 Å². The molecular weight excluding hydrogens is 599 g/mol. The topological polar surface area (TPSA) is 18.5 Å². The van der Waals surface area contributed by atoms with E-state index in [1.165, 1.54) is 22.0 Å². The molecular formula is C32H59IO2Si2. The van der Waals surface area contributed by atoms with Gasteiger partial charge in [0.05, 0.1) is 0 Å². The minimum atomic E-state index is -2.14. The molecule has 0 heterocycles. The van der Waals surface area contributed by atoms with E-state index in [4.69, 9.17) is 8.85 Å². The molecule has 1 rings (SSSR count). The summed E-state index contributed by atoms with van der Waals surface area (Å²) in [7, 11) is -4.29. The lowest BCUT2D eigenvalue weighted by atomic mass is 9.89. The molecule has 0 saturated heterocycles. The van der Waals surface area contributed by atoms with Crippen molar-refractivity contribution in [2.45, 2.75) is 155 Å². The maximum Gasteiger partial charge on any atom is 0.258 e. The summed E-state index contributed by atoms with van der Waals surface area (Å²) in [5.41, 5.74) is 4.43. The van der Waals surface area contributed by atoms with E-state index in [2.05, 4.69) is 137 Å². The Morgan fingerprint density at radius 2 is 1.08 bits per heavy atom. The first-order valence-electron chi connectivity index (χ1n) is 14.9. The molecule has 0 aliphatic rings. The highest BCUT2D eigenvalue weighted by molar-refractivity contribution is 14.1. The fraction of sp³-hybridized carbons (Fsp3) is 0.750. The highest BCUT2D eigenvalue weighted by Gasteiger charge is 2.49. The van der Waals surface area contributed by atoms with E-state index in [1.807, 2.05) is 0 Å². The largest absolute Gasteiger partial charge is 0.542 e. The van der Waals surface area contributed by atoms with E-state index in [0.29, 0.717) is 39.2 Å². The van der Waals surface area contributed by atoms with Crippen molar-refractivity contribution in [2.24, 2.45) is 0 Å². The second-order valence-electron chi connectivity index (χ2n) is 13.0. The van der Waals surface area contributed by atoms with Gasteiger partial charge >= 0.3 is 0 Å². The van der Waals surface area contributed by atoms with Gasteiger partial charge in [0.15, 0.2) is 0 Å². The second kappa shape index (κ2) is 14.9. The average molecular weight is 659 g/mol. The van der Waals surface area contributed by atoms with Crippen LogP contribution in [0.3, 0.4) is 0 Å². The van der Waals surface area contributed by atoms with Crippen molar-refractivity contribution < 1.29 is 8.85 Å². The van der Waals surface area contributed by atoms with E-state index < -0.39 is 16.6 Å². The number of rotatable bonds is 16. The zero-order valence-electron chi connectivity index (χ0n) is 26.5. The highest BCUT2D eigenvalue weighted by Crippen LogP contribution is 2.50. The smallest absolute Gasteiger partial charge is 0.258 e. The van der Waals surface area contributed by atoms with Crippen LogP contribution in [0.1, 0.15) is 127 Å². The van der Waals surface area contributed by atoms with Crippen LogP contribution in [0.25, 0.3) is 0 Å².